The maximum atomic E-state index is 12.9. The molecule has 0 aliphatic heterocycles. The molecule has 0 saturated heterocycles. The molecule has 21 heavy (non-hydrogen) atoms. The summed E-state index contributed by atoms with van der Waals surface area (Å²) >= 11 is 0. The molecule has 1 aromatic carbocycles. The molecule has 0 N–H and O–H groups in total. The molecule has 0 bridgehead atoms. The standard InChI is InChI=1S/C13H17F3N2O2S/c1-3-18(4-2)21(13(14,15)16)17-12(19)20-10-11-8-6-5-7-9-11/h5-9H,3-4,10H2,1-2H3. The highest BCUT2D eigenvalue weighted by Crippen LogP contribution is 2.25. The number of benzene rings is 1. The van der Waals surface area contributed by atoms with Crippen LogP contribution in [0.4, 0.5) is 18.0 Å². The van der Waals surface area contributed by atoms with E-state index in [9.17, 15) is 18.0 Å². The van der Waals surface area contributed by atoms with E-state index >= 15 is 0 Å². The van der Waals surface area contributed by atoms with Crippen LogP contribution in [0.1, 0.15) is 19.4 Å². The SMILES string of the molecule is CCN(CC)/S(=N\C(=O)OCc1ccccc1)C(F)(F)F. The second-order valence-electron chi connectivity index (χ2n) is 3.96. The zero-order valence-electron chi connectivity index (χ0n) is 11.8. The lowest BCUT2D eigenvalue weighted by atomic mass is 10.2. The normalized spacial score (nSPS) is 13.4. The van der Waals surface area contributed by atoms with Crippen LogP contribution in [0.5, 0.6) is 0 Å². The van der Waals surface area contributed by atoms with Crippen LogP contribution in [0.15, 0.2) is 34.7 Å². The summed E-state index contributed by atoms with van der Waals surface area (Å²) in [7, 11) is -2.48. The Morgan fingerprint density at radius 3 is 2.29 bits per heavy atom. The second-order valence-corrected chi connectivity index (χ2v) is 5.65. The van der Waals surface area contributed by atoms with Gasteiger partial charge in [-0.25, -0.2) is 9.10 Å². The van der Waals surface area contributed by atoms with E-state index < -0.39 is 22.5 Å². The van der Waals surface area contributed by atoms with Gasteiger partial charge in [-0.3, -0.25) is 0 Å². The Morgan fingerprint density at radius 2 is 1.81 bits per heavy atom. The minimum atomic E-state index is -4.59. The number of amides is 1. The van der Waals surface area contributed by atoms with Gasteiger partial charge >= 0.3 is 11.6 Å². The van der Waals surface area contributed by atoms with E-state index in [0.29, 0.717) is 5.56 Å². The van der Waals surface area contributed by atoms with Gasteiger partial charge in [0.15, 0.2) is 0 Å². The van der Waals surface area contributed by atoms with Crippen molar-refractivity contribution >= 4 is 17.0 Å². The van der Waals surface area contributed by atoms with Crippen molar-refractivity contribution in [1.29, 1.82) is 0 Å². The third-order valence-electron chi connectivity index (χ3n) is 2.52. The van der Waals surface area contributed by atoms with Crippen LogP contribution in [-0.4, -0.2) is 29.0 Å². The molecule has 1 rings (SSSR count). The Balaban J connectivity index is 2.78. The van der Waals surface area contributed by atoms with E-state index in [0.717, 1.165) is 4.31 Å². The summed E-state index contributed by atoms with van der Waals surface area (Å²) in [4.78, 5) is 11.5. The number of nitrogens with zero attached hydrogens (tertiary/aromatic N) is 2. The predicted octanol–water partition coefficient (Wildman–Crippen LogP) is 3.90. The number of hydrogen-bond donors (Lipinski definition) is 0. The fourth-order valence-corrected chi connectivity index (χ4v) is 2.74. The van der Waals surface area contributed by atoms with Crippen molar-refractivity contribution < 1.29 is 22.7 Å². The van der Waals surface area contributed by atoms with Crippen LogP contribution in [0.2, 0.25) is 0 Å². The molecule has 118 valence electrons. The molecule has 0 aromatic heterocycles. The lowest BCUT2D eigenvalue weighted by molar-refractivity contribution is -0.0396. The largest absolute Gasteiger partial charge is 0.466 e. The van der Waals surface area contributed by atoms with Gasteiger partial charge in [0.05, 0.1) is 10.9 Å². The lowest BCUT2D eigenvalue weighted by Gasteiger charge is -2.22. The highest BCUT2D eigenvalue weighted by molar-refractivity contribution is 7.86. The highest BCUT2D eigenvalue weighted by Gasteiger charge is 2.38. The second kappa shape index (κ2) is 8.14. The molecule has 0 radical (unpaired) electrons. The summed E-state index contributed by atoms with van der Waals surface area (Å²) < 4.78 is 47.8. The summed E-state index contributed by atoms with van der Waals surface area (Å²) in [6.45, 7) is 3.36. The smallest absolute Gasteiger partial charge is 0.443 e. The van der Waals surface area contributed by atoms with Crippen LogP contribution in [0.3, 0.4) is 0 Å². The summed E-state index contributed by atoms with van der Waals surface area (Å²) in [5.41, 5.74) is -3.89. The molecule has 1 aromatic rings. The molecule has 1 atom stereocenters. The van der Waals surface area contributed by atoms with E-state index in [1.807, 2.05) is 0 Å². The van der Waals surface area contributed by atoms with E-state index in [1.165, 1.54) is 0 Å². The number of alkyl halides is 3. The molecule has 0 aliphatic carbocycles. The monoisotopic (exact) mass is 322 g/mol. The van der Waals surface area contributed by atoms with Gasteiger partial charge in [0, 0.05) is 13.1 Å². The van der Waals surface area contributed by atoms with E-state index in [4.69, 9.17) is 4.74 Å². The molecule has 0 fully saturated rings. The molecular formula is C13H17F3N2O2S. The minimum Gasteiger partial charge on any atom is -0.443 e. The van der Waals surface area contributed by atoms with Crippen molar-refractivity contribution in [3.05, 3.63) is 35.9 Å². The quantitative estimate of drug-likeness (QED) is 0.825. The first-order valence-corrected chi connectivity index (χ1v) is 7.51. The van der Waals surface area contributed by atoms with Crippen LogP contribution in [-0.2, 0) is 22.2 Å². The summed E-state index contributed by atoms with van der Waals surface area (Å²) in [6.07, 6.45) is -1.20. The predicted molar refractivity (Wildman–Crippen MR) is 75.4 cm³/mol. The van der Waals surface area contributed by atoms with Crippen molar-refractivity contribution in [2.45, 2.75) is 26.0 Å². The summed E-state index contributed by atoms with van der Waals surface area (Å²) in [5, 5.41) is 0. The highest BCUT2D eigenvalue weighted by atomic mass is 32.2. The molecule has 4 nitrogen and oxygen atoms in total. The zero-order chi connectivity index (χ0) is 15.9. The zero-order valence-corrected chi connectivity index (χ0v) is 12.6. The first kappa shape index (κ1) is 17.6. The Labute approximate surface area is 124 Å². The van der Waals surface area contributed by atoms with Crippen LogP contribution in [0.25, 0.3) is 0 Å². The number of carbonyl (C=O) groups excluding carboxylic acids is 1. The number of carbonyl (C=O) groups is 1. The molecule has 0 saturated carbocycles. The van der Waals surface area contributed by atoms with Gasteiger partial charge in [-0.2, -0.15) is 13.2 Å². The van der Waals surface area contributed by atoms with Crippen LogP contribution in [0, 0.1) is 0 Å². The maximum Gasteiger partial charge on any atom is 0.466 e. The van der Waals surface area contributed by atoms with Gasteiger partial charge in [0.1, 0.15) is 6.61 Å². The Bertz CT molecular complexity index is 488. The lowest BCUT2D eigenvalue weighted by Crippen LogP contribution is -2.35. The number of ether oxygens (including phenoxy) is 1. The van der Waals surface area contributed by atoms with Crippen molar-refractivity contribution in [2.24, 2.45) is 4.36 Å². The average molecular weight is 322 g/mol. The third-order valence-corrected chi connectivity index (χ3v) is 4.26. The van der Waals surface area contributed by atoms with Gasteiger partial charge in [-0.15, -0.1) is 4.36 Å². The third kappa shape index (κ3) is 5.84. The number of halogens is 3. The molecule has 1 unspecified atom stereocenters. The number of hydrogen-bond acceptors (Lipinski definition) is 2. The number of rotatable bonds is 5. The average Bonchev–Trinajstić information content (AvgIpc) is 2.45. The summed E-state index contributed by atoms with van der Waals surface area (Å²) in [6, 6.07) is 8.70. The Kier molecular flexibility index (Phi) is 6.83. The van der Waals surface area contributed by atoms with Crippen LogP contribution < -0.4 is 0 Å². The molecule has 0 aliphatic rings. The van der Waals surface area contributed by atoms with E-state index in [2.05, 4.69) is 4.36 Å². The Hall–Kier alpha value is -1.41. The fraction of sp³-hybridized carbons (Fsp3) is 0.462. The van der Waals surface area contributed by atoms with E-state index in [1.54, 1.807) is 44.2 Å². The van der Waals surface area contributed by atoms with Crippen molar-refractivity contribution in [2.75, 3.05) is 13.1 Å². The molecule has 0 heterocycles. The van der Waals surface area contributed by atoms with Crippen LogP contribution >= 0.6 is 0 Å². The Morgan fingerprint density at radius 1 is 1.24 bits per heavy atom. The van der Waals surface area contributed by atoms with Gasteiger partial charge in [-0.05, 0) is 5.56 Å². The molecule has 0 spiro atoms. The summed E-state index contributed by atoms with van der Waals surface area (Å²) in [5.74, 6) is 0. The van der Waals surface area contributed by atoms with Crippen molar-refractivity contribution in [1.82, 2.24) is 4.31 Å². The first-order chi connectivity index (χ1) is 9.88. The van der Waals surface area contributed by atoms with E-state index in [-0.39, 0.29) is 19.7 Å². The van der Waals surface area contributed by atoms with Crippen molar-refractivity contribution in [3.8, 4) is 0 Å². The van der Waals surface area contributed by atoms with Gasteiger partial charge in [0.2, 0.25) is 0 Å². The molecular weight excluding hydrogens is 305 g/mol. The minimum absolute atomic E-state index is 0.101. The van der Waals surface area contributed by atoms with Gasteiger partial charge < -0.3 is 4.74 Å². The molecule has 1 amide bonds. The van der Waals surface area contributed by atoms with Gasteiger partial charge in [0.25, 0.3) is 0 Å². The molecule has 8 heteroatoms. The van der Waals surface area contributed by atoms with Gasteiger partial charge in [-0.1, -0.05) is 44.2 Å². The maximum absolute atomic E-state index is 12.9. The fourth-order valence-electron chi connectivity index (χ4n) is 1.54. The first-order valence-electron chi connectivity index (χ1n) is 6.37. The topological polar surface area (TPSA) is 41.9 Å². The van der Waals surface area contributed by atoms with Crippen molar-refractivity contribution in [3.63, 3.8) is 0 Å².